The van der Waals surface area contributed by atoms with Crippen LogP contribution < -0.4 is 19.5 Å². The third-order valence-corrected chi connectivity index (χ3v) is 5.87. The zero-order valence-electron chi connectivity index (χ0n) is 18.1. The number of carbonyl (C=O) groups excluding carboxylic acids is 1. The number of amides is 1. The first-order valence-corrected chi connectivity index (χ1v) is 11.9. The van der Waals surface area contributed by atoms with Crippen LogP contribution in [0.4, 0.5) is 10.1 Å². The van der Waals surface area contributed by atoms with Crippen molar-refractivity contribution in [2.75, 3.05) is 30.2 Å². The van der Waals surface area contributed by atoms with Crippen LogP contribution in [0.3, 0.4) is 0 Å². The molecule has 0 aromatic heterocycles. The fraction of sp³-hybridized carbons (Fsp3) is 0.208. The number of halogens is 1. The number of anilines is 1. The van der Waals surface area contributed by atoms with E-state index < -0.39 is 21.7 Å². The lowest BCUT2D eigenvalue weighted by Crippen LogP contribution is -2.31. The van der Waals surface area contributed by atoms with Crippen LogP contribution in [0.1, 0.15) is 15.9 Å². The van der Waals surface area contributed by atoms with Gasteiger partial charge in [-0.25, -0.2) is 12.8 Å². The molecule has 0 fully saturated rings. The molecule has 0 aliphatic heterocycles. The van der Waals surface area contributed by atoms with Crippen LogP contribution in [0.15, 0.2) is 72.8 Å². The number of hydrogen-bond acceptors (Lipinski definition) is 5. The summed E-state index contributed by atoms with van der Waals surface area (Å²) >= 11 is 0. The van der Waals surface area contributed by atoms with Crippen LogP contribution in [0.5, 0.6) is 11.5 Å². The Morgan fingerprint density at radius 3 is 2.39 bits per heavy atom. The van der Waals surface area contributed by atoms with Gasteiger partial charge in [0.2, 0.25) is 10.0 Å². The van der Waals surface area contributed by atoms with Gasteiger partial charge in [0, 0.05) is 6.54 Å². The molecule has 33 heavy (non-hydrogen) atoms. The Hall–Kier alpha value is -3.59. The van der Waals surface area contributed by atoms with Gasteiger partial charge >= 0.3 is 0 Å². The van der Waals surface area contributed by atoms with Gasteiger partial charge in [-0.15, -0.1) is 0 Å². The molecule has 2 N–H and O–H groups in total. The van der Waals surface area contributed by atoms with Crippen molar-refractivity contribution in [2.24, 2.45) is 0 Å². The highest BCUT2D eigenvalue weighted by Gasteiger charge is 2.15. The summed E-state index contributed by atoms with van der Waals surface area (Å²) in [6, 6.07) is 20.0. The Kier molecular flexibility index (Phi) is 8.26. The number of sulfonamides is 1. The van der Waals surface area contributed by atoms with Gasteiger partial charge < -0.3 is 14.8 Å². The van der Waals surface area contributed by atoms with E-state index in [0.717, 1.165) is 11.8 Å². The van der Waals surface area contributed by atoms with E-state index in [-0.39, 0.29) is 30.2 Å². The monoisotopic (exact) mass is 472 g/mol. The van der Waals surface area contributed by atoms with Gasteiger partial charge in [-0.1, -0.05) is 36.4 Å². The number of nitrogens with one attached hydrogen (secondary N) is 2. The molecule has 0 spiro atoms. The SMILES string of the molecule is Cc1ccc(NS(=O)(=O)CCNC(=O)c2ccccc2OCCOc2ccccc2)cc1F. The van der Waals surface area contributed by atoms with Crippen LogP contribution in [0.25, 0.3) is 0 Å². The lowest BCUT2D eigenvalue weighted by Gasteiger charge is -2.13. The number of aryl methyl sites for hydroxylation is 1. The number of ether oxygens (including phenoxy) is 2. The van der Waals surface area contributed by atoms with E-state index in [0.29, 0.717) is 17.9 Å². The summed E-state index contributed by atoms with van der Waals surface area (Å²) in [7, 11) is -3.78. The largest absolute Gasteiger partial charge is 0.490 e. The molecule has 9 heteroatoms. The Balaban J connectivity index is 1.49. The highest BCUT2D eigenvalue weighted by atomic mass is 32.2. The molecule has 0 aliphatic carbocycles. The van der Waals surface area contributed by atoms with Gasteiger partial charge in [0.05, 0.1) is 17.0 Å². The first kappa shape index (κ1) is 24.1. The van der Waals surface area contributed by atoms with Gasteiger partial charge in [0.15, 0.2) is 0 Å². The minimum absolute atomic E-state index is 0.126. The molecule has 1 amide bonds. The molecule has 3 rings (SSSR count). The number of benzene rings is 3. The summed E-state index contributed by atoms with van der Waals surface area (Å²) in [5.74, 6) is -0.263. The van der Waals surface area contributed by atoms with Crippen LogP contribution >= 0.6 is 0 Å². The maximum absolute atomic E-state index is 13.6. The van der Waals surface area contributed by atoms with Crippen molar-refractivity contribution in [1.82, 2.24) is 5.32 Å². The molecule has 0 saturated carbocycles. The zero-order chi connectivity index (χ0) is 23.7. The quantitative estimate of drug-likeness (QED) is 0.415. The third kappa shape index (κ3) is 7.50. The van der Waals surface area contributed by atoms with Crippen molar-refractivity contribution in [1.29, 1.82) is 0 Å². The van der Waals surface area contributed by atoms with E-state index in [9.17, 15) is 17.6 Å². The third-order valence-electron chi connectivity index (χ3n) is 4.59. The molecule has 174 valence electrons. The molecule has 0 radical (unpaired) electrons. The van der Waals surface area contributed by atoms with Gasteiger partial charge in [0.25, 0.3) is 5.91 Å². The smallest absolute Gasteiger partial charge is 0.255 e. The highest BCUT2D eigenvalue weighted by Crippen LogP contribution is 2.18. The summed E-state index contributed by atoms with van der Waals surface area (Å²) in [4.78, 5) is 12.6. The summed E-state index contributed by atoms with van der Waals surface area (Å²) in [5.41, 5.74) is 0.821. The van der Waals surface area contributed by atoms with E-state index >= 15 is 0 Å². The summed E-state index contributed by atoms with van der Waals surface area (Å²) in [6.07, 6.45) is 0. The Labute approximate surface area is 192 Å². The van der Waals surface area contributed by atoms with Crippen molar-refractivity contribution in [3.05, 3.63) is 89.7 Å². The lowest BCUT2D eigenvalue weighted by atomic mass is 10.2. The Bertz CT molecular complexity index is 1190. The average Bonchev–Trinajstić information content (AvgIpc) is 2.80. The predicted molar refractivity (Wildman–Crippen MR) is 125 cm³/mol. The second-order valence-corrected chi connectivity index (χ2v) is 8.99. The minimum Gasteiger partial charge on any atom is -0.490 e. The normalized spacial score (nSPS) is 11.0. The van der Waals surface area contributed by atoms with E-state index in [4.69, 9.17) is 9.47 Å². The predicted octanol–water partition coefficient (Wildman–Crippen LogP) is 3.76. The number of carbonyl (C=O) groups is 1. The number of para-hydroxylation sites is 2. The van der Waals surface area contributed by atoms with Crippen molar-refractivity contribution in [3.63, 3.8) is 0 Å². The first-order chi connectivity index (χ1) is 15.8. The van der Waals surface area contributed by atoms with Crippen LogP contribution in [0, 0.1) is 12.7 Å². The topological polar surface area (TPSA) is 93.7 Å². The maximum Gasteiger partial charge on any atom is 0.255 e. The van der Waals surface area contributed by atoms with Gasteiger partial charge in [-0.3, -0.25) is 9.52 Å². The summed E-state index contributed by atoms with van der Waals surface area (Å²) < 4.78 is 51.7. The van der Waals surface area contributed by atoms with Gasteiger partial charge in [0.1, 0.15) is 30.5 Å². The van der Waals surface area contributed by atoms with E-state index in [1.807, 2.05) is 30.3 Å². The molecular weight excluding hydrogens is 447 g/mol. The van der Waals surface area contributed by atoms with Crippen molar-refractivity contribution >= 4 is 21.6 Å². The van der Waals surface area contributed by atoms with Crippen LogP contribution in [-0.2, 0) is 10.0 Å². The van der Waals surface area contributed by atoms with E-state index in [2.05, 4.69) is 10.0 Å². The molecule has 0 aliphatic rings. The Morgan fingerprint density at radius 1 is 0.939 bits per heavy atom. The fourth-order valence-electron chi connectivity index (χ4n) is 2.89. The Morgan fingerprint density at radius 2 is 1.64 bits per heavy atom. The second-order valence-electron chi connectivity index (χ2n) is 7.15. The van der Waals surface area contributed by atoms with E-state index in [1.54, 1.807) is 31.2 Å². The first-order valence-electron chi connectivity index (χ1n) is 10.3. The molecule has 3 aromatic carbocycles. The molecule has 0 atom stereocenters. The van der Waals surface area contributed by atoms with Crippen molar-refractivity contribution in [3.8, 4) is 11.5 Å². The number of hydrogen-bond donors (Lipinski definition) is 2. The molecule has 7 nitrogen and oxygen atoms in total. The van der Waals surface area contributed by atoms with Gasteiger partial charge in [-0.2, -0.15) is 0 Å². The molecular formula is C24H25FN2O5S. The van der Waals surface area contributed by atoms with Crippen molar-refractivity contribution < 1.29 is 27.1 Å². The molecule has 0 heterocycles. The minimum atomic E-state index is -3.78. The van der Waals surface area contributed by atoms with Crippen LogP contribution in [0.2, 0.25) is 0 Å². The average molecular weight is 473 g/mol. The molecule has 0 saturated heterocycles. The second kappa shape index (κ2) is 11.3. The molecule has 0 bridgehead atoms. The summed E-state index contributed by atoms with van der Waals surface area (Å²) in [5, 5.41) is 2.57. The fourth-order valence-corrected chi connectivity index (χ4v) is 3.85. The van der Waals surface area contributed by atoms with Crippen LogP contribution in [-0.4, -0.2) is 39.8 Å². The summed E-state index contributed by atoms with van der Waals surface area (Å²) in [6.45, 7) is 1.98. The highest BCUT2D eigenvalue weighted by molar-refractivity contribution is 7.92. The van der Waals surface area contributed by atoms with Gasteiger partial charge in [-0.05, 0) is 48.9 Å². The lowest BCUT2D eigenvalue weighted by molar-refractivity contribution is 0.0951. The molecule has 0 unspecified atom stereocenters. The number of rotatable bonds is 11. The maximum atomic E-state index is 13.6. The zero-order valence-corrected chi connectivity index (χ0v) is 18.9. The van der Waals surface area contributed by atoms with E-state index in [1.165, 1.54) is 12.1 Å². The van der Waals surface area contributed by atoms with Crippen molar-refractivity contribution in [2.45, 2.75) is 6.92 Å². The standard InChI is InChI=1S/C24H25FN2O5S/c1-18-11-12-19(17-22(18)25)27-33(29,30)16-13-26-24(28)21-9-5-6-10-23(21)32-15-14-31-20-7-3-2-4-8-20/h2-12,17,27H,13-16H2,1H3,(H,26,28). The molecule has 3 aromatic rings.